The first-order valence-electron chi connectivity index (χ1n) is 5.06. The van der Waals surface area contributed by atoms with Gasteiger partial charge in [-0.25, -0.2) is 0 Å². The fraction of sp³-hybridized carbons (Fsp3) is 0.417. The molecule has 1 aromatic carbocycles. The molecule has 1 saturated heterocycles. The van der Waals surface area contributed by atoms with Gasteiger partial charge in [0.1, 0.15) is 6.29 Å². The second kappa shape index (κ2) is 3.82. The van der Waals surface area contributed by atoms with Crippen molar-refractivity contribution in [2.75, 3.05) is 18.0 Å². The lowest BCUT2D eigenvalue weighted by atomic mass is 10.0. The smallest absolute Gasteiger partial charge is 0.125 e. The van der Waals surface area contributed by atoms with Gasteiger partial charge in [-0.2, -0.15) is 0 Å². The van der Waals surface area contributed by atoms with Gasteiger partial charge in [-0.3, -0.25) is 0 Å². The molecule has 2 nitrogen and oxygen atoms in total. The quantitative estimate of drug-likeness (QED) is 0.663. The fourth-order valence-corrected chi connectivity index (χ4v) is 2.02. The molecular weight excluding hydrogens is 174 g/mol. The summed E-state index contributed by atoms with van der Waals surface area (Å²) in [5.74, 6) is 0.683. The number of benzene rings is 1. The summed E-state index contributed by atoms with van der Waals surface area (Å²) in [5, 5.41) is 0. The monoisotopic (exact) mass is 189 g/mol. The van der Waals surface area contributed by atoms with Gasteiger partial charge in [-0.15, -0.1) is 0 Å². The summed E-state index contributed by atoms with van der Waals surface area (Å²) in [7, 11) is 0. The number of aldehydes is 1. The predicted octanol–water partition coefficient (Wildman–Crippen LogP) is 1.96. The third-order valence-corrected chi connectivity index (χ3v) is 2.97. The van der Waals surface area contributed by atoms with Gasteiger partial charge in [-0.1, -0.05) is 25.1 Å². The molecule has 0 radical (unpaired) electrons. The summed E-state index contributed by atoms with van der Waals surface area (Å²) in [4.78, 5) is 13.0. The molecule has 1 aromatic rings. The summed E-state index contributed by atoms with van der Waals surface area (Å²) in [6, 6.07) is 10.3. The van der Waals surface area contributed by atoms with Crippen LogP contribution in [0.4, 0.5) is 5.69 Å². The number of para-hydroxylation sites is 1. The van der Waals surface area contributed by atoms with Gasteiger partial charge in [0.15, 0.2) is 0 Å². The molecule has 0 aromatic heterocycles. The van der Waals surface area contributed by atoms with E-state index < -0.39 is 0 Å². The second-order valence-electron chi connectivity index (χ2n) is 4.02. The van der Waals surface area contributed by atoms with Crippen LogP contribution in [-0.2, 0) is 4.79 Å². The number of carbonyl (C=O) groups is 1. The molecule has 0 spiro atoms. The van der Waals surface area contributed by atoms with Crippen LogP contribution in [0.15, 0.2) is 30.3 Å². The summed E-state index contributed by atoms with van der Waals surface area (Å²) < 4.78 is 0. The highest BCUT2D eigenvalue weighted by molar-refractivity contribution is 5.59. The normalized spacial score (nSPS) is 26.5. The first-order valence-corrected chi connectivity index (χ1v) is 5.06. The molecule has 0 unspecified atom stereocenters. The van der Waals surface area contributed by atoms with E-state index in [-0.39, 0.29) is 5.92 Å². The van der Waals surface area contributed by atoms with E-state index in [2.05, 4.69) is 24.0 Å². The molecule has 0 amide bonds. The third kappa shape index (κ3) is 1.65. The molecule has 1 aliphatic rings. The highest BCUT2D eigenvalue weighted by Gasteiger charge is 2.28. The molecule has 1 heterocycles. The zero-order chi connectivity index (χ0) is 9.97. The van der Waals surface area contributed by atoms with E-state index in [0.717, 1.165) is 19.4 Å². The van der Waals surface area contributed by atoms with Gasteiger partial charge < -0.3 is 9.69 Å². The molecule has 0 bridgehead atoms. The highest BCUT2D eigenvalue weighted by Crippen LogP contribution is 2.26. The Hall–Kier alpha value is -1.31. The van der Waals surface area contributed by atoms with Crippen molar-refractivity contribution in [1.82, 2.24) is 0 Å². The molecule has 1 aliphatic heterocycles. The first kappa shape index (κ1) is 9.25. The number of hydrogen-bond acceptors (Lipinski definition) is 2. The maximum atomic E-state index is 10.8. The van der Waals surface area contributed by atoms with Crippen LogP contribution < -0.4 is 4.90 Å². The van der Waals surface area contributed by atoms with Gasteiger partial charge in [0.05, 0.1) is 0 Å². The molecule has 2 atom stereocenters. The van der Waals surface area contributed by atoms with Gasteiger partial charge in [0.25, 0.3) is 0 Å². The number of rotatable bonds is 2. The zero-order valence-electron chi connectivity index (χ0n) is 8.39. The molecule has 1 fully saturated rings. The van der Waals surface area contributed by atoms with Crippen molar-refractivity contribution in [3.8, 4) is 0 Å². The molecule has 2 heteroatoms. The van der Waals surface area contributed by atoms with E-state index in [1.165, 1.54) is 5.69 Å². The summed E-state index contributed by atoms with van der Waals surface area (Å²) in [6.45, 7) is 4.00. The van der Waals surface area contributed by atoms with Crippen LogP contribution in [0.1, 0.15) is 6.92 Å². The lowest BCUT2D eigenvalue weighted by molar-refractivity contribution is -0.111. The van der Waals surface area contributed by atoms with Crippen molar-refractivity contribution in [1.29, 1.82) is 0 Å². The number of hydrogen-bond donors (Lipinski definition) is 0. The average molecular weight is 189 g/mol. The highest BCUT2D eigenvalue weighted by atomic mass is 16.1. The summed E-state index contributed by atoms with van der Waals surface area (Å²) in [5.41, 5.74) is 1.23. The number of carbonyl (C=O) groups excluding carboxylic acids is 1. The maximum absolute atomic E-state index is 10.8. The average Bonchev–Trinajstić information content (AvgIpc) is 2.61. The molecular formula is C12H15NO. The Morgan fingerprint density at radius 3 is 2.57 bits per heavy atom. The minimum atomic E-state index is 0.204. The van der Waals surface area contributed by atoms with Gasteiger partial charge >= 0.3 is 0 Å². The summed E-state index contributed by atoms with van der Waals surface area (Å²) in [6.07, 6.45) is 1.09. The van der Waals surface area contributed by atoms with Crippen molar-refractivity contribution >= 4 is 12.0 Å². The van der Waals surface area contributed by atoms with E-state index in [4.69, 9.17) is 0 Å². The molecule has 2 rings (SSSR count). The Balaban J connectivity index is 2.12. The first-order chi connectivity index (χ1) is 6.81. The van der Waals surface area contributed by atoms with Crippen molar-refractivity contribution in [3.05, 3.63) is 30.3 Å². The van der Waals surface area contributed by atoms with Crippen LogP contribution in [0.25, 0.3) is 0 Å². The molecule has 0 N–H and O–H groups in total. The van der Waals surface area contributed by atoms with Crippen molar-refractivity contribution in [2.24, 2.45) is 11.8 Å². The molecule has 74 valence electrons. The van der Waals surface area contributed by atoms with E-state index in [1.807, 2.05) is 18.2 Å². The Bertz CT molecular complexity index is 309. The molecule has 0 aliphatic carbocycles. The van der Waals surface area contributed by atoms with Crippen LogP contribution in [0.2, 0.25) is 0 Å². The third-order valence-electron chi connectivity index (χ3n) is 2.97. The molecule has 14 heavy (non-hydrogen) atoms. The Morgan fingerprint density at radius 2 is 2.00 bits per heavy atom. The van der Waals surface area contributed by atoms with Crippen LogP contribution in [0.5, 0.6) is 0 Å². The summed E-state index contributed by atoms with van der Waals surface area (Å²) >= 11 is 0. The Labute approximate surface area is 84.5 Å². The lowest BCUT2D eigenvalue weighted by Crippen LogP contribution is -2.19. The van der Waals surface area contributed by atoms with Crippen LogP contribution in [-0.4, -0.2) is 19.4 Å². The molecule has 0 saturated carbocycles. The lowest BCUT2D eigenvalue weighted by Gasteiger charge is -2.17. The van der Waals surface area contributed by atoms with E-state index in [1.54, 1.807) is 0 Å². The van der Waals surface area contributed by atoms with Crippen LogP contribution in [0.3, 0.4) is 0 Å². The minimum Gasteiger partial charge on any atom is -0.371 e. The van der Waals surface area contributed by atoms with E-state index >= 15 is 0 Å². The van der Waals surface area contributed by atoms with E-state index in [0.29, 0.717) is 5.92 Å². The SMILES string of the molecule is C[C@H]1CN(c2ccccc2)C[C@@H]1C=O. The van der Waals surface area contributed by atoms with Crippen molar-refractivity contribution in [3.63, 3.8) is 0 Å². The Kier molecular flexibility index (Phi) is 2.53. The van der Waals surface area contributed by atoms with Gasteiger partial charge in [0, 0.05) is 24.7 Å². The van der Waals surface area contributed by atoms with Gasteiger partial charge in [0.2, 0.25) is 0 Å². The number of nitrogens with zero attached hydrogens (tertiary/aromatic N) is 1. The van der Waals surface area contributed by atoms with Crippen molar-refractivity contribution in [2.45, 2.75) is 6.92 Å². The largest absolute Gasteiger partial charge is 0.371 e. The fourth-order valence-electron chi connectivity index (χ4n) is 2.02. The van der Waals surface area contributed by atoms with E-state index in [9.17, 15) is 4.79 Å². The second-order valence-corrected chi connectivity index (χ2v) is 4.02. The Morgan fingerprint density at radius 1 is 1.29 bits per heavy atom. The van der Waals surface area contributed by atoms with Crippen molar-refractivity contribution < 1.29 is 4.79 Å². The maximum Gasteiger partial charge on any atom is 0.125 e. The number of anilines is 1. The topological polar surface area (TPSA) is 20.3 Å². The van der Waals surface area contributed by atoms with Crippen LogP contribution >= 0.6 is 0 Å². The van der Waals surface area contributed by atoms with Gasteiger partial charge in [-0.05, 0) is 18.1 Å². The standard InChI is InChI=1S/C12H15NO/c1-10-7-13(8-11(10)9-14)12-5-3-2-4-6-12/h2-6,9-11H,7-8H2,1H3/t10-,11+/m0/s1. The zero-order valence-corrected chi connectivity index (χ0v) is 8.39. The predicted molar refractivity (Wildman–Crippen MR) is 57.4 cm³/mol. The van der Waals surface area contributed by atoms with Crippen LogP contribution in [0, 0.1) is 11.8 Å². The minimum absolute atomic E-state index is 0.204.